The van der Waals surface area contributed by atoms with Crippen LogP contribution in [0.5, 0.6) is 5.75 Å². The Bertz CT molecular complexity index is 764. The van der Waals surface area contributed by atoms with E-state index >= 15 is 0 Å². The topological polar surface area (TPSA) is 97.8 Å². The van der Waals surface area contributed by atoms with Gasteiger partial charge in [-0.15, -0.1) is 11.3 Å². The molecule has 1 aliphatic heterocycles. The molecule has 24 heavy (non-hydrogen) atoms. The van der Waals surface area contributed by atoms with Gasteiger partial charge in [-0.2, -0.15) is 0 Å². The Hall–Kier alpha value is -2.45. The Labute approximate surface area is 142 Å². The van der Waals surface area contributed by atoms with Crippen LogP contribution in [-0.4, -0.2) is 47.8 Å². The summed E-state index contributed by atoms with van der Waals surface area (Å²) in [5.41, 5.74) is 0.828. The average molecular weight is 348 g/mol. The smallest absolute Gasteiger partial charge is 0.335 e. The zero-order valence-electron chi connectivity index (χ0n) is 12.9. The van der Waals surface area contributed by atoms with Crippen LogP contribution in [0.4, 0.5) is 0 Å². The molecule has 0 bridgehead atoms. The maximum atomic E-state index is 11.3. The molecule has 8 heteroatoms. The number of ether oxygens (including phenoxy) is 2. The highest BCUT2D eigenvalue weighted by atomic mass is 32.1. The van der Waals surface area contributed by atoms with E-state index in [9.17, 15) is 14.7 Å². The summed E-state index contributed by atoms with van der Waals surface area (Å²) in [5, 5.41) is 12.7. The first-order valence-electron chi connectivity index (χ1n) is 7.33. The number of amides is 1. The number of carbonyl (C=O) groups is 2. The molecule has 0 aliphatic carbocycles. The summed E-state index contributed by atoms with van der Waals surface area (Å²) >= 11 is 1.48. The van der Waals surface area contributed by atoms with Gasteiger partial charge < -0.3 is 19.9 Å². The first-order valence-corrected chi connectivity index (χ1v) is 8.15. The number of hydrogen-bond acceptors (Lipinski definition) is 6. The van der Waals surface area contributed by atoms with Crippen molar-refractivity contribution >= 4 is 23.2 Å². The highest BCUT2D eigenvalue weighted by molar-refractivity contribution is 7.14. The van der Waals surface area contributed by atoms with Crippen LogP contribution in [0.1, 0.15) is 15.2 Å². The number of nitrogens with zero attached hydrogens (tertiary/aromatic N) is 1. The van der Waals surface area contributed by atoms with Crippen LogP contribution in [0, 0.1) is 6.92 Å². The number of carbonyl (C=O) groups excluding carboxylic acids is 1. The molecule has 7 nitrogen and oxygen atoms in total. The number of rotatable bonds is 5. The van der Waals surface area contributed by atoms with Gasteiger partial charge in [0.15, 0.2) is 0 Å². The quantitative estimate of drug-likeness (QED) is 0.854. The largest absolute Gasteiger partial charge is 0.491 e. The van der Waals surface area contributed by atoms with E-state index < -0.39 is 5.97 Å². The lowest BCUT2D eigenvalue weighted by Gasteiger charge is -2.23. The molecule has 0 radical (unpaired) electrons. The van der Waals surface area contributed by atoms with E-state index in [4.69, 9.17) is 9.47 Å². The minimum atomic E-state index is -1.03. The van der Waals surface area contributed by atoms with Gasteiger partial charge in [0.05, 0.1) is 5.56 Å². The van der Waals surface area contributed by atoms with Gasteiger partial charge in [-0.3, -0.25) is 4.79 Å². The van der Waals surface area contributed by atoms with E-state index in [2.05, 4.69) is 10.3 Å². The number of morpholine rings is 1. The van der Waals surface area contributed by atoms with E-state index in [0.29, 0.717) is 17.9 Å². The second-order valence-electron chi connectivity index (χ2n) is 5.38. The van der Waals surface area contributed by atoms with Gasteiger partial charge in [0.25, 0.3) is 0 Å². The number of carboxylic acids is 1. The molecule has 2 heterocycles. The predicted molar refractivity (Wildman–Crippen MR) is 87.5 cm³/mol. The highest BCUT2D eigenvalue weighted by Crippen LogP contribution is 2.29. The Balaban J connectivity index is 1.77. The van der Waals surface area contributed by atoms with Crippen LogP contribution < -0.4 is 10.1 Å². The maximum Gasteiger partial charge on any atom is 0.335 e. The standard InChI is InChI=1S/C16H16N2O5S/c1-9-5-18-15(24-9)10-2-11(16(20)21)4-12(3-10)22-7-13-6-17-14(19)8-23-13/h2-5,13H,6-8H2,1H3,(H,17,19)(H,20,21)/t13-/m0/s1. The van der Waals surface area contributed by atoms with Crippen molar-refractivity contribution in [3.63, 3.8) is 0 Å². The van der Waals surface area contributed by atoms with Crippen molar-refractivity contribution in [2.45, 2.75) is 13.0 Å². The van der Waals surface area contributed by atoms with Crippen LogP contribution in [0.3, 0.4) is 0 Å². The first kappa shape index (κ1) is 16.4. The molecule has 1 atom stereocenters. The third kappa shape index (κ3) is 3.90. The molecule has 1 fully saturated rings. The first-order chi connectivity index (χ1) is 11.5. The second kappa shape index (κ2) is 6.98. The fraction of sp³-hybridized carbons (Fsp3) is 0.312. The van der Waals surface area contributed by atoms with Crippen LogP contribution in [0.2, 0.25) is 0 Å². The number of aromatic nitrogens is 1. The zero-order valence-corrected chi connectivity index (χ0v) is 13.8. The molecule has 0 unspecified atom stereocenters. The van der Waals surface area contributed by atoms with Crippen LogP contribution in [0.25, 0.3) is 10.6 Å². The van der Waals surface area contributed by atoms with Gasteiger partial charge in [0.1, 0.15) is 30.1 Å². The Morgan fingerprint density at radius 3 is 2.96 bits per heavy atom. The van der Waals surface area contributed by atoms with E-state index in [1.54, 1.807) is 18.3 Å². The highest BCUT2D eigenvalue weighted by Gasteiger charge is 2.19. The Morgan fingerprint density at radius 2 is 2.33 bits per heavy atom. The molecule has 0 saturated carbocycles. The van der Waals surface area contributed by atoms with Crippen LogP contribution >= 0.6 is 11.3 Å². The number of hydrogen-bond donors (Lipinski definition) is 2. The molecule has 0 spiro atoms. The molecule has 1 aliphatic rings. The van der Waals surface area contributed by atoms with Crippen LogP contribution in [-0.2, 0) is 9.53 Å². The van der Waals surface area contributed by atoms with Crippen molar-refractivity contribution in [2.75, 3.05) is 19.8 Å². The van der Waals surface area contributed by atoms with E-state index in [0.717, 1.165) is 9.88 Å². The minimum Gasteiger partial charge on any atom is -0.491 e. The molecular formula is C16H16N2O5S. The minimum absolute atomic E-state index is 0.00678. The van der Waals surface area contributed by atoms with Crippen molar-refractivity contribution in [3.8, 4) is 16.3 Å². The number of nitrogens with one attached hydrogen (secondary N) is 1. The van der Waals surface area contributed by atoms with Gasteiger partial charge in [-0.1, -0.05) is 0 Å². The third-order valence-electron chi connectivity index (χ3n) is 3.43. The van der Waals surface area contributed by atoms with Gasteiger partial charge in [-0.05, 0) is 25.1 Å². The molecular weight excluding hydrogens is 332 g/mol. The number of thiazole rings is 1. The Morgan fingerprint density at radius 1 is 1.50 bits per heavy atom. The lowest BCUT2D eigenvalue weighted by molar-refractivity contribution is -0.134. The second-order valence-corrected chi connectivity index (χ2v) is 6.61. The summed E-state index contributed by atoms with van der Waals surface area (Å²) in [6.45, 7) is 2.54. The normalized spacial score (nSPS) is 17.4. The molecule has 1 aromatic carbocycles. The predicted octanol–water partition coefficient (Wildman–Crippen LogP) is 1.71. The monoisotopic (exact) mass is 348 g/mol. The number of aryl methyl sites for hydroxylation is 1. The van der Waals surface area contributed by atoms with Crippen molar-refractivity contribution in [2.24, 2.45) is 0 Å². The average Bonchev–Trinajstić information content (AvgIpc) is 3.00. The number of aromatic carboxylic acids is 1. The lowest BCUT2D eigenvalue weighted by atomic mass is 10.1. The summed E-state index contributed by atoms with van der Waals surface area (Å²) in [7, 11) is 0. The summed E-state index contributed by atoms with van der Waals surface area (Å²) in [6, 6.07) is 4.80. The van der Waals surface area contributed by atoms with E-state index in [1.165, 1.54) is 17.4 Å². The summed E-state index contributed by atoms with van der Waals surface area (Å²) in [6.07, 6.45) is 1.48. The molecule has 1 amide bonds. The van der Waals surface area contributed by atoms with Crippen LogP contribution in [0.15, 0.2) is 24.4 Å². The van der Waals surface area contributed by atoms with Gasteiger partial charge in [-0.25, -0.2) is 9.78 Å². The molecule has 126 valence electrons. The fourth-order valence-corrected chi connectivity index (χ4v) is 3.00. The van der Waals surface area contributed by atoms with Crippen molar-refractivity contribution < 1.29 is 24.2 Å². The summed E-state index contributed by atoms with van der Waals surface area (Å²) in [5.74, 6) is -0.755. The number of carboxylic acid groups (broad SMARTS) is 1. The van der Waals surface area contributed by atoms with E-state index in [1.807, 2.05) is 6.92 Å². The maximum absolute atomic E-state index is 11.3. The van der Waals surface area contributed by atoms with Gasteiger partial charge >= 0.3 is 5.97 Å². The van der Waals surface area contributed by atoms with Gasteiger partial charge in [0, 0.05) is 23.2 Å². The van der Waals surface area contributed by atoms with E-state index in [-0.39, 0.29) is 30.8 Å². The molecule has 1 aromatic heterocycles. The number of benzene rings is 1. The summed E-state index contributed by atoms with van der Waals surface area (Å²) in [4.78, 5) is 27.7. The lowest BCUT2D eigenvalue weighted by Crippen LogP contribution is -2.45. The third-order valence-corrected chi connectivity index (χ3v) is 4.40. The molecule has 3 rings (SSSR count). The fourth-order valence-electron chi connectivity index (χ4n) is 2.24. The van der Waals surface area contributed by atoms with Crippen molar-refractivity contribution in [1.82, 2.24) is 10.3 Å². The Kier molecular flexibility index (Phi) is 4.77. The SMILES string of the molecule is Cc1cnc(-c2cc(OC[C@@H]3CNC(=O)CO3)cc(C(=O)O)c2)s1. The van der Waals surface area contributed by atoms with Crippen molar-refractivity contribution in [1.29, 1.82) is 0 Å². The zero-order chi connectivity index (χ0) is 17.1. The molecule has 1 saturated heterocycles. The van der Waals surface area contributed by atoms with Crippen molar-refractivity contribution in [3.05, 3.63) is 34.8 Å². The molecule has 2 aromatic rings. The molecule has 2 N–H and O–H groups in total. The van der Waals surface area contributed by atoms with Gasteiger partial charge in [0.2, 0.25) is 5.91 Å². The summed E-state index contributed by atoms with van der Waals surface area (Å²) < 4.78 is 11.0.